The zero-order valence-electron chi connectivity index (χ0n) is 7.31. The Kier molecular flexibility index (Phi) is 4.77. The van der Waals surface area contributed by atoms with Gasteiger partial charge in [0.1, 0.15) is 0 Å². The molecule has 0 aliphatic rings. The fourth-order valence-corrected chi connectivity index (χ4v) is 1.40. The summed E-state index contributed by atoms with van der Waals surface area (Å²) in [5.74, 6) is 0. The molecule has 11 heavy (non-hydrogen) atoms. The maximum Gasteiger partial charge on any atom is 0.713 e. The summed E-state index contributed by atoms with van der Waals surface area (Å²) in [7, 11) is -2.53. The van der Waals surface area contributed by atoms with E-state index >= 15 is 0 Å². The van der Waals surface area contributed by atoms with E-state index < -0.39 is 8.25 Å². The van der Waals surface area contributed by atoms with Gasteiger partial charge in [0.15, 0.2) is 0 Å². The fourth-order valence-electron chi connectivity index (χ4n) is 0.866. The smallest absolute Gasteiger partial charge is 0.132 e. The lowest BCUT2D eigenvalue weighted by Gasteiger charge is -2.21. The first kappa shape index (κ1) is 11.0. The number of hydrogen-bond donors (Lipinski definition) is 1. The second kappa shape index (κ2) is 4.78. The van der Waals surface area contributed by atoms with Gasteiger partial charge in [-0.25, -0.2) is 0 Å². The molecule has 0 aromatic rings. The second-order valence-electron chi connectivity index (χ2n) is 2.87. The van der Waals surface area contributed by atoms with E-state index in [0.717, 1.165) is 0 Å². The van der Waals surface area contributed by atoms with Crippen molar-refractivity contribution in [2.45, 2.75) is 39.8 Å². The van der Waals surface area contributed by atoms with E-state index in [9.17, 15) is 4.57 Å². The number of rotatable bonds is 4. The van der Waals surface area contributed by atoms with Crippen LogP contribution in [0.3, 0.4) is 0 Å². The van der Waals surface area contributed by atoms with E-state index in [2.05, 4.69) is 4.62 Å². The summed E-state index contributed by atoms with van der Waals surface area (Å²) in [6.45, 7) is 7.61. The highest BCUT2D eigenvalue weighted by Crippen LogP contribution is 2.21. The molecule has 0 aromatic carbocycles. The van der Waals surface area contributed by atoms with E-state index in [1.54, 1.807) is 0 Å². The summed E-state index contributed by atoms with van der Waals surface area (Å²) < 4.78 is 15.0. The van der Waals surface area contributed by atoms with Crippen LogP contribution in [0.5, 0.6) is 0 Å². The molecule has 0 bridgehead atoms. The van der Waals surface area contributed by atoms with E-state index in [1.165, 1.54) is 5.06 Å². The average Bonchev–Trinajstić information content (AvgIpc) is 1.81. The van der Waals surface area contributed by atoms with Crippen molar-refractivity contribution < 1.29 is 14.1 Å². The molecule has 0 saturated heterocycles. The molecule has 1 unspecified atom stereocenters. The van der Waals surface area contributed by atoms with Gasteiger partial charge in [0.2, 0.25) is 0 Å². The Bertz CT molecular complexity index is 130. The zero-order chi connectivity index (χ0) is 9.02. The molecule has 1 atom stereocenters. The first-order chi connectivity index (χ1) is 4.95. The number of hydroxylamine groups is 2. The van der Waals surface area contributed by atoms with Gasteiger partial charge in [-0.3, -0.25) is 0 Å². The van der Waals surface area contributed by atoms with E-state index in [1.807, 2.05) is 27.7 Å². The molecule has 0 amide bonds. The molecule has 4 nitrogen and oxygen atoms in total. The van der Waals surface area contributed by atoms with Crippen LogP contribution in [0.2, 0.25) is 0 Å². The van der Waals surface area contributed by atoms with Gasteiger partial charge in [-0.1, -0.05) is 0 Å². The second-order valence-corrected chi connectivity index (χ2v) is 3.51. The van der Waals surface area contributed by atoms with Crippen LogP contribution >= 0.6 is 8.25 Å². The number of nitrogens with zero attached hydrogens (tertiary/aromatic N) is 1. The minimum atomic E-state index is -2.53. The average molecular weight is 180 g/mol. The molecule has 0 heterocycles. The molecule has 0 spiro atoms. The topological polar surface area (TPSA) is 49.8 Å². The molecule has 0 aliphatic heterocycles. The van der Waals surface area contributed by atoms with Crippen LogP contribution in [0.25, 0.3) is 0 Å². The highest BCUT2D eigenvalue weighted by molar-refractivity contribution is 7.32. The Balaban J connectivity index is 4.00. The predicted molar refractivity (Wildman–Crippen MR) is 43.0 cm³/mol. The third-order valence-corrected chi connectivity index (χ3v) is 1.51. The van der Waals surface area contributed by atoms with Gasteiger partial charge >= 0.3 is 8.25 Å². The van der Waals surface area contributed by atoms with Gasteiger partial charge in [0.25, 0.3) is 0 Å². The monoisotopic (exact) mass is 180 g/mol. The Morgan fingerprint density at radius 3 is 1.73 bits per heavy atom. The van der Waals surface area contributed by atoms with Gasteiger partial charge < -0.3 is 0 Å². The zero-order valence-corrected chi connectivity index (χ0v) is 8.21. The molecule has 5 heteroatoms. The Hall–Kier alpha value is -0.0200. The van der Waals surface area contributed by atoms with E-state index in [-0.39, 0.29) is 12.1 Å². The Morgan fingerprint density at radius 1 is 1.27 bits per heavy atom. The van der Waals surface area contributed by atoms with Crippen molar-refractivity contribution in [1.82, 2.24) is 5.06 Å². The van der Waals surface area contributed by atoms with Gasteiger partial charge in [-0.15, -0.1) is 9.96 Å². The van der Waals surface area contributed by atoms with E-state index in [0.29, 0.717) is 0 Å². The van der Waals surface area contributed by atoms with Gasteiger partial charge in [-0.2, -0.15) is 0 Å². The third-order valence-electron chi connectivity index (χ3n) is 1.18. The third kappa shape index (κ3) is 4.43. The number of hydrogen-bond acceptors (Lipinski definition) is 3. The largest absolute Gasteiger partial charge is 0.713 e. The van der Waals surface area contributed by atoms with E-state index in [4.69, 9.17) is 4.89 Å². The molecule has 0 radical (unpaired) electrons. The maximum absolute atomic E-state index is 10.3. The van der Waals surface area contributed by atoms with Crippen molar-refractivity contribution in [3.63, 3.8) is 0 Å². The summed E-state index contributed by atoms with van der Waals surface area (Å²) in [5.41, 5.74) is 0. The van der Waals surface area contributed by atoms with Gasteiger partial charge in [0.05, 0.1) is 0 Å². The summed E-state index contributed by atoms with van der Waals surface area (Å²) in [6, 6.07) is 0.224. The highest BCUT2D eigenvalue weighted by atomic mass is 31.1. The molecule has 66 valence electrons. The van der Waals surface area contributed by atoms with Crippen LogP contribution in [0, 0.1) is 0 Å². The van der Waals surface area contributed by atoms with Crippen LogP contribution in [-0.4, -0.2) is 22.0 Å². The fraction of sp³-hybridized carbons (Fsp3) is 1.00. The van der Waals surface area contributed by atoms with Gasteiger partial charge in [0, 0.05) is 16.6 Å². The van der Waals surface area contributed by atoms with Crippen molar-refractivity contribution >= 4 is 8.25 Å². The molecular weight excluding hydrogens is 165 g/mol. The first-order valence-corrected chi connectivity index (χ1v) is 4.70. The lowest BCUT2D eigenvalue weighted by molar-refractivity contribution is -0.112. The highest BCUT2D eigenvalue weighted by Gasteiger charge is 2.25. The molecular formula is C6H15NO3P+. The lowest BCUT2D eigenvalue weighted by atomic mass is 10.3. The normalized spacial score (nSPS) is 13.3. The van der Waals surface area contributed by atoms with Crippen molar-refractivity contribution in [2.75, 3.05) is 0 Å². The minimum Gasteiger partial charge on any atom is -0.132 e. The molecule has 0 fully saturated rings. The SMILES string of the molecule is CC(C)N(O[P+](=O)O)C(C)C. The van der Waals surface area contributed by atoms with Crippen LogP contribution < -0.4 is 0 Å². The lowest BCUT2D eigenvalue weighted by Crippen LogP contribution is -2.34. The summed E-state index contributed by atoms with van der Waals surface area (Å²) in [4.78, 5) is 8.47. The van der Waals surface area contributed by atoms with Gasteiger partial charge in [-0.05, 0) is 32.3 Å². The summed E-state index contributed by atoms with van der Waals surface area (Å²) in [6.07, 6.45) is 0. The van der Waals surface area contributed by atoms with Crippen LogP contribution in [0.1, 0.15) is 27.7 Å². The van der Waals surface area contributed by atoms with Crippen LogP contribution in [0.4, 0.5) is 0 Å². The standard InChI is InChI=1S/C6H14NO3P/c1-5(2)7(6(3)4)10-11(8)9/h5-6H,1-4H3/p+1. The van der Waals surface area contributed by atoms with Crippen molar-refractivity contribution in [3.05, 3.63) is 0 Å². The summed E-state index contributed by atoms with van der Waals surface area (Å²) >= 11 is 0. The minimum absolute atomic E-state index is 0.112. The Labute approximate surface area is 68.1 Å². The van der Waals surface area contributed by atoms with Crippen LogP contribution in [-0.2, 0) is 9.19 Å². The molecule has 0 aliphatic carbocycles. The molecule has 1 N–H and O–H groups in total. The first-order valence-electron chi connectivity index (χ1n) is 3.57. The molecule has 0 rings (SSSR count). The molecule has 0 saturated carbocycles. The van der Waals surface area contributed by atoms with Crippen molar-refractivity contribution in [1.29, 1.82) is 0 Å². The maximum atomic E-state index is 10.3. The Morgan fingerprint density at radius 2 is 1.64 bits per heavy atom. The predicted octanol–water partition coefficient (Wildman–Crippen LogP) is 1.69. The molecule has 0 aromatic heterocycles. The summed E-state index contributed by atoms with van der Waals surface area (Å²) in [5, 5.41) is 1.50. The van der Waals surface area contributed by atoms with Crippen molar-refractivity contribution in [3.8, 4) is 0 Å². The quantitative estimate of drug-likeness (QED) is 0.528. The van der Waals surface area contributed by atoms with Crippen molar-refractivity contribution in [2.24, 2.45) is 0 Å². The van der Waals surface area contributed by atoms with Crippen LogP contribution in [0.15, 0.2) is 0 Å².